The number of phenolic OH excluding ortho intramolecular Hbond substituents is 2. The molecule has 5 aromatic carbocycles. The second-order valence-corrected chi connectivity index (χ2v) is 12.7. The lowest BCUT2D eigenvalue weighted by Crippen LogP contribution is -2.43. The number of anilines is 4. The molecule has 19 heteroatoms. The van der Waals surface area contributed by atoms with E-state index in [1.807, 2.05) is 6.07 Å². The van der Waals surface area contributed by atoms with Crippen LogP contribution in [0.4, 0.5) is 22.7 Å². The number of carbonyl (C=O) groups is 6. The van der Waals surface area contributed by atoms with Gasteiger partial charge in [-0.25, -0.2) is 4.79 Å². The third kappa shape index (κ3) is 10.8. The van der Waals surface area contributed by atoms with Crippen molar-refractivity contribution >= 4 is 58.3 Å². The van der Waals surface area contributed by atoms with Crippen LogP contribution in [-0.4, -0.2) is 82.8 Å². The van der Waals surface area contributed by atoms with Crippen LogP contribution in [0.5, 0.6) is 34.5 Å². The Morgan fingerprint density at radius 2 is 1.13 bits per heavy atom. The average molecular weight is 833 g/mol. The molecule has 1 atom stereocenters. The van der Waals surface area contributed by atoms with Crippen LogP contribution < -0.4 is 40.8 Å². The van der Waals surface area contributed by atoms with Crippen molar-refractivity contribution in [3.8, 4) is 40.6 Å². The van der Waals surface area contributed by atoms with Gasteiger partial charge in [0.2, 0.25) is 5.91 Å². The van der Waals surface area contributed by atoms with Crippen molar-refractivity contribution < 1.29 is 63.4 Å². The maximum absolute atomic E-state index is 13.2. The highest BCUT2D eigenvalue weighted by molar-refractivity contribution is 6.10. The minimum atomic E-state index is -1.43. The zero-order valence-corrected chi connectivity index (χ0v) is 32.1. The van der Waals surface area contributed by atoms with E-state index >= 15 is 0 Å². The Hall–Kier alpha value is -8.79. The fourth-order valence-electron chi connectivity index (χ4n) is 5.56. The van der Waals surface area contributed by atoms with E-state index in [1.165, 1.54) is 98.1 Å². The summed E-state index contributed by atoms with van der Waals surface area (Å²) >= 11 is 0. The van der Waals surface area contributed by atoms with Gasteiger partial charge in [-0.1, -0.05) is 0 Å². The summed E-state index contributed by atoms with van der Waals surface area (Å²) < 4.78 is 15.7. The highest BCUT2D eigenvalue weighted by Crippen LogP contribution is 2.40. The molecule has 9 N–H and O–H groups in total. The van der Waals surface area contributed by atoms with Crippen LogP contribution in [0.3, 0.4) is 0 Å². The first-order valence-corrected chi connectivity index (χ1v) is 17.8. The Morgan fingerprint density at radius 1 is 0.623 bits per heavy atom. The van der Waals surface area contributed by atoms with Crippen molar-refractivity contribution in [2.45, 2.75) is 12.5 Å². The molecule has 0 aliphatic carbocycles. The normalized spacial score (nSPS) is 10.8. The van der Waals surface area contributed by atoms with E-state index in [1.54, 1.807) is 0 Å². The van der Waals surface area contributed by atoms with Gasteiger partial charge in [-0.2, -0.15) is 5.26 Å². The molecule has 0 radical (unpaired) electrons. The third-order valence-electron chi connectivity index (χ3n) is 8.61. The van der Waals surface area contributed by atoms with Crippen LogP contribution in [0.1, 0.15) is 47.9 Å². The number of benzene rings is 5. The molecule has 0 aromatic heterocycles. The van der Waals surface area contributed by atoms with E-state index in [0.29, 0.717) is 11.4 Å². The number of hydrogen-bond donors (Lipinski definition) is 9. The first-order chi connectivity index (χ1) is 29.2. The van der Waals surface area contributed by atoms with Crippen LogP contribution in [0, 0.1) is 11.3 Å². The van der Waals surface area contributed by atoms with Gasteiger partial charge in [-0.15, -0.1) is 0 Å². The molecular weight excluding hydrogens is 796 g/mol. The standard InChI is InChI=1S/C42H36N6O13/c1-59-36-30(17-15-28(34(36)51)40(55)47-31-18-16-29(42(57)58)35(52)37(31)60-2)46-38(53)22-5-9-25(10-6-22)45-41(56)32(19-20-43)48-39(54)23-3-7-24(8-4-23)44-33(50)21-61-27-13-11-26(49)12-14-27/h3-18,32,49,51-52H,19,21H2,1-2H3,(H,44,50)(H,45,56)(H,46,53)(H,47,55)(H,48,54)(H,57,58)/t32-/m0/s1. The Balaban J connectivity index is 1.16. The van der Waals surface area contributed by atoms with Gasteiger partial charge in [0, 0.05) is 22.5 Å². The number of carboxylic acids is 1. The van der Waals surface area contributed by atoms with E-state index in [9.17, 15) is 54.5 Å². The fourth-order valence-corrected chi connectivity index (χ4v) is 5.56. The summed E-state index contributed by atoms with van der Waals surface area (Å²) in [5.41, 5.74) is -0.0658. The maximum Gasteiger partial charge on any atom is 0.339 e. The lowest BCUT2D eigenvalue weighted by atomic mass is 10.1. The Morgan fingerprint density at radius 3 is 1.67 bits per heavy atom. The van der Waals surface area contributed by atoms with Crippen molar-refractivity contribution in [3.63, 3.8) is 0 Å². The van der Waals surface area contributed by atoms with Crippen LogP contribution in [0.15, 0.2) is 97.1 Å². The zero-order chi connectivity index (χ0) is 44.2. The molecular formula is C42H36N6O13. The molecule has 0 heterocycles. The summed E-state index contributed by atoms with van der Waals surface area (Å²) in [5.74, 6) is -6.41. The number of hydrogen-bond acceptors (Lipinski definition) is 13. The summed E-state index contributed by atoms with van der Waals surface area (Å²) in [7, 11) is 2.35. The molecule has 0 saturated carbocycles. The van der Waals surface area contributed by atoms with E-state index < -0.39 is 58.6 Å². The molecule has 5 amide bonds. The SMILES string of the molecule is COc1c(NC(=O)c2ccc(NC(=O)c3ccc(NC(=O)[C@H](CC#N)NC(=O)c4ccc(NC(=O)COc5ccc(O)cc5)cc4)cc3)c(OC)c2O)ccc(C(=O)O)c1O. The monoisotopic (exact) mass is 832 g/mol. The molecule has 0 bridgehead atoms. The van der Waals surface area contributed by atoms with E-state index in [2.05, 4.69) is 26.6 Å². The molecule has 0 fully saturated rings. The average Bonchev–Trinajstić information content (AvgIpc) is 3.23. The number of methoxy groups -OCH3 is 2. The summed E-state index contributed by atoms with van der Waals surface area (Å²) in [6, 6.07) is 22.4. The van der Waals surface area contributed by atoms with Crippen molar-refractivity contribution in [2.24, 2.45) is 0 Å². The maximum atomic E-state index is 13.2. The molecule has 5 rings (SSSR count). The highest BCUT2D eigenvalue weighted by Gasteiger charge is 2.25. The molecule has 0 aliphatic rings. The number of aromatic carboxylic acids is 1. The number of nitriles is 1. The fraction of sp³-hybridized carbons (Fsp3) is 0.119. The minimum absolute atomic E-state index is 0.0222. The lowest BCUT2D eigenvalue weighted by molar-refractivity contribution is -0.118. The van der Waals surface area contributed by atoms with Gasteiger partial charge in [0.15, 0.2) is 29.6 Å². The van der Waals surface area contributed by atoms with Gasteiger partial charge in [0.25, 0.3) is 23.6 Å². The second kappa shape index (κ2) is 19.6. The van der Waals surface area contributed by atoms with Crippen LogP contribution >= 0.6 is 0 Å². The van der Waals surface area contributed by atoms with Gasteiger partial charge in [0.1, 0.15) is 23.1 Å². The second-order valence-electron chi connectivity index (χ2n) is 12.7. The number of ether oxygens (including phenoxy) is 3. The van der Waals surface area contributed by atoms with Crippen LogP contribution in [0.25, 0.3) is 0 Å². The summed E-state index contributed by atoms with van der Waals surface area (Å²) in [4.78, 5) is 76.0. The molecule has 0 saturated heterocycles. The van der Waals surface area contributed by atoms with Crippen LogP contribution in [-0.2, 0) is 9.59 Å². The van der Waals surface area contributed by atoms with E-state index in [-0.39, 0.29) is 64.0 Å². The first-order valence-electron chi connectivity index (χ1n) is 17.8. The lowest BCUT2D eigenvalue weighted by Gasteiger charge is -2.17. The van der Waals surface area contributed by atoms with Gasteiger partial charge < -0.3 is 61.2 Å². The predicted molar refractivity (Wildman–Crippen MR) is 217 cm³/mol. The van der Waals surface area contributed by atoms with Crippen LogP contribution in [0.2, 0.25) is 0 Å². The number of amides is 5. The third-order valence-corrected chi connectivity index (χ3v) is 8.61. The summed E-state index contributed by atoms with van der Waals surface area (Å²) in [6.45, 7) is -0.309. The predicted octanol–water partition coefficient (Wildman–Crippen LogP) is 4.69. The van der Waals surface area contributed by atoms with Gasteiger partial charge in [0.05, 0.1) is 43.6 Å². The molecule has 0 spiro atoms. The molecule has 5 aromatic rings. The number of carbonyl (C=O) groups excluding carboxylic acids is 5. The summed E-state index contributed by atoms with van der Waals surface area (Å²) in [6.07, 6.45) is -0.375. The number of carboxylic acid groups (broad SMARTS) is 1. The molecule has 19 nitrogen and oxygen atoms in total. The molecule has 61 heavy (non-hydrogen) atoms. The van der Waals surface area contributed by atoms with Gasteiger partial charge in [-0.3, -0.25) is 24.0 Å². The van der Waals surface area contributed by atoms with Crippen molar-refractivity contribution in [2.75, 3.05) is 42.1 Å². The largest absolute Gasteiger partial charge is 0.508 e. The quantitative estimate of drug-likeness (QED) is 0.0652. The van der Waals surface area contributed by atoms with Gasteiger partial charge >= 0.3 is 5.97 Å². The zero-order valence-electron chi connectivity index (χ0n) is 32.1. The van der Waals surface area contributed by atoms with Crippen molar-refractivity contribution in [1.29, 1.82) is 5.26 Å². The Kier molecular flexibility index (Phi) is 13.9. The minimum Gasteiger partial charge on any atom is -0.508 e. The van der Waals surface area contributed by atoms with E-state index in [0.717, 1.165) is 13.2 Å². The number of phenols is 3. The number of nitrogens with one attached hydrogen (secondary N) is 5. The topological polar surface area (TPSA) is 295 Å². The Bertz CT molecular complexity index is 2520. The Labute approximate surface area is 346 Å². The van der Waals surface area contributed by atoms with E-state index in [4.69, 9.17) is 14.2 Å². The first kappa shape index (κ1) is 43.3. The van der Waals surface area contributed by atoms with Crippen molar-refractivity contribution in [1.82, 2.24) is 5.32 Å². The molecule has 312 valence electrons. The molecule has 0 unspecified atom stereocenters. The number of rotatable bonds is 16. The van der Waals surface area contributed by atoms with Crippen molar-refractivity contribution in [3.05, 3.63) is 119 Å². The highest BCUT2D eigenvalue weighted by atomic mass is 16.5. The summed E-state index contributed by atoms with van der Waals surface area (Å²) in [5, 5.41) is 61.8. The number of aromatic hydroxyl groups is 3. The van der Waals surface area contributed by atoms with Gasteiger partial charge in [-0.05, 0) is 97.1 Å². The number of nitrogens with zero attached hydrogens (tertiary/aromatic N) is 1. The molecule has 0 aliphatic heterocycles. The smallest absolute Gasteiger partial charge is 0.339 e.